The Kier molecular flexibility index (Phi) is 4.73. The second kappa shape index (κ2) is 5.87. The normalized spacial score (nSPS) is 10.5. The van der Waals surface area contributed by atoms with Crippen LogP contribution in [0.15, 0.2) is 12.1 Å². The Bertz CT molecular complexity index is 480. The summed E-state index contributed by atoms with van der Waals surface area (Å²) in [7, 11) is 0. The highest BCUT2D eigenvalue weighted by Crippen LogP contribution is 2.32. The van der Waals surface area contributed by atoms with Crippen LogP contribution in [0.25, 0.3) is 0 Å². The van der Waals surface area contributed by atoms with Crippen molar-refractivity contribution in [2.45, 2.75) is 26.7 Å². The first-order valence-corrected chi connectivity index (χ1v) is 6.00. The molecule has 0 saturated carbocycles. The average Bonchev–Trinajstić information content (AvgIpc) is 2.30. The van der Waals surface area contributed by atoms with Crippen LogP contribution in [0.4, 0.5) is 0 Å². The number of carbonyl (C=O) groups is 2. The van der Waals surface area contributed by atoms with Gasteiger partial charge in [-0.25, -0.2) is 4.79 Å². The molecule has 0 radical (unpaired) electrons. The number of carbonyl (C=O) groups excluding carboxylic acids is 2. The molecule has 0 heterocycles. The summed E-state index contributed by atoms with van der Waals surface area (Å²) in [6.45, 7) is 5.40. The molecular formula is C13H15ClO4. The van der Waals surface area contributed by atoms with Gasteiger partial charge in [-0.3, -0.25) is 4.79 Å². The van der Waals surface area contributed by atoms with E-state index in [9.17, 15) is 14.7 Å². The van der Waals surface area contributed by atoms with E-state index in [4.69, 9.17) is 11.6 Å². The lowest BCUT2D eigenvalue weighted by atomic mass is 9.97. The van der Waals surface area contributed by atoms with Gasteiger partial charge in [-0.1, -0.05) is 25.4 Å². The number of rotatable bonds is 4. The highest BCUT2D eigenvalue weighted by Gasteiger charge is 2.24. The molecule has 1 aromatic carbocycles. The minimum atomic E-state index is -0.996. The van der Waals surface area contributed by atoms with Gasteiger partial charge in [0.05, 0.1) is 12.2 Å². The van der Waals surface area contributed by atoms with E-state index in [2.05, 4.69) is 4.74 Å². The van der Waals surface area contributed by atoms with Crippen LogP contribution in [-0.2, 0) is 9.53 Å². The second-order valence-corrected chi connectivity index (χ2v) is 4.53. The number of benzene rings is 1. The molecular weight excluding hydrogens is 256 g/mol. The highest BCUT2D eigenvalue weighted by molar-refractivity contribution is 6.42. The van der Waals surface area contributed by atoms with E-state index >= 15 is 0 Å². The van der Waals surface area contributed by atoms with Gasteiger partial charge in [0, 0.05) is 5.02 Å². The Balaban J connectivity index is 3.24. The van der Waals surface area contributed by atoms with Crippen LogP contribution in [0.3, 0.4) is 0 Å². The first-order chi connectivity index (χ1) is 8.38. The van der Waals surface area contributed by atoms with Crippen molar-refractivity contribution < 1.29 is 19.4 Å². The molecule has 0 aromatic heterocycles. The Morgan fingerprint density at radius 1 is 1.39 bits per heavy atom. The standard InChI is InChI=1S/C13H15ClO4/c1-4-18-13(17)12(16)10-6-8(14)5-9(7(2)3)11(10)15/h5-7,15H,4H2,1-3H3. The van der Waals surface area contributed by atoms with Crippen LogP contribution in [0.1, 0.15) is 42.6 Å². The molecule has 5 heteroatoms. The van der Waals surface area contributed by atoms with Gasteiger partial charge >= 0.3 is 5.97 Å². The third-order valence-corrected chi connectivity index (χ3v) is 2.65. The molecule has 98 valence electrons. The summed E-state index contributed by atoms with van der Waals surface area (Å²) in [4.78, 5) is 23.2. The number of phenols is 1. The zero-order chi connectivity index (χ0) is 13.9. The molecule has 1 aromatic rings. The quantitative estimate of drug-likeness (QED) is 0.519. The number of hydrogen-bond acceptors (Lipinski definition) is 4. The molecule has 0 atom stereocenters. The largest absolute Gasteiger partial charge is 0.507 e. The van der Waals surface area contributed by atoms with Crippen molar-refractivity contribution in [2.75, 3.05) is 6.61 Å². The molecule has 0 aliphatic rings. The Hall–Kier alpha value is -1.55. The van der Waals surface area contributed by atoms with E-state index in [1.807, 2.05) is 13.8 Å². The first-order valence-electron chi connectivity index (χ1n) is 5.62. The topological polar surface area (TPSA) is 63.6 Å². The number of ether oxygens (including phenoxy) is 1. The second-order valence-electron chi connectivity index (χ2n) is 4.10. The maximum atomic E-state index is 11.8. The van der Waals surface area contributed by atoms with Crippen molar-refractivity contribution in [2.24, 2.45) is 0 Å². The Labute approximate surface area is 111 Å². The van der Waals surface area contributed by atoms with Crippen molar-refractivity contribution in [1.29, 1.82) is 0 Å². The van der Waals surface area contributed by atoms with Crippen molar-refractivity contribution in [3.05, 3.63) is 28.3 Å². The molecule has 0 aliphatic carbocycles. The third-order valence-electron chi connectivity index (χ3n) is 2.43. The fraction of sp³-hybridized carbons (Fsp3) is 0.385. The highest BCUT2D eigenvalue weighted by atomic mass is 35.5. The fourth-order valence-corrected chi connectivity index (χ4v) is 1.77. The Morgan fingerprint density at radius 2 is 2.00 bits per heavy atom. The van der Waals surface area contributed by atoms with Crippen LogP contribution >= 0.6 is 11.6 Å². The van der Waals surface area contributed by atoms with Crippen LogP contribution in [0.2, 0.25) is 5.02 Å². The van der Waals surface area contributed by atoms with Gasteiger partial charge in [0.15, 0.2) is 0 Å². The van der Waals surface area contributed by atoms with E-state index in [1.54, 1.807) is 13.0 Å². The zero-order valence-corrected chi connectivity index (χ0v) is 11.2. The predicted octanol–water partition coefficient (Wildman–Crippen LogP) is 2.91. The van der Waals surface area contributed by atoms with Crippen molar-refractivity contribution >= 4 is 23.4 Å². The van der Waals surface area contributed by atoms with Gasteiger partial charge in [-0.2, -0.15) is 0 Å². The number of aromatic hydroxyl groups is 1. The van der Waals surface area contributed by atoms with Crippen molar-refractivity contribution in [1.82, 2.24) is 0 Å². The molecule has 0 spiro atoms. The van der Waals surface area contributed by atoms with Gasteiger partial charge in [-0.15, -0.1) is 0 Å². The molecule has 4 nitrogen and oxygen atoms in total. The summed E-state index contributed by atoms with van der Waals surface area (Å²) >= 11 is 5.88. The summed E-state index contributed by atoms with van der Waals surface area (Å²) in [5.41, 5.74) is 0.403. The maximum absolute atomic E-state index is 11.8. The van der Waals surface area contributed by atoms with Gasteiger partial charge < -0.3 is 9.84 Å². The van der Waals surface area contributed by atoms with Crippen LogP contribution in [-0.4, -0.2) is 23.5 Å². The number of esters is 1. The van der Waals surface area contributed by atoms with Crippen molar-refractivity contribution in [3.8, 4) is 5.75 Å². The van der Waals surface area contributed by atoms with Crippen LogP contribution < -0.4 is 0 Å². The summed E-state index contributed by atoms with van der Waals surface area (Å²) in [5, 5.41) is 10.3. The van der Waals surface area contributed by atoms with E-state index in [-0.39, 0.29) is 23.8 Å². The lowest BCUT2D eigenvalue weighted by molar-refractivity contribution is -0.137. The molecule has 0 amide bonds. The summed E-state index contributed by atoms with van der Waals surface area (Å²) < 4.78 is 4.61. The van der Waals surface area contributed by atoms with Crippen molar-refractivity contribution in [3.63, 3.8) is 0 Å². The van der Waals surface area contributed by atoms with E-state index in [0.717, 1.165) is 0 Å². The molecule has 0 fully saturated rings. The predicted molar refractivity (Wildman–Crippen MR) is 68.2 cm³/mol. The monoisotopic (exact) mass is 270 g/mol. The van der Waals surface area contributed by atoms with Gasteiger partial charge in [0.25, 0.3) is 5.78 Å². The SMILES string of the molecule is CCOC(=O)C(=O)c1cc(Cl)cc(C(C)C)c1O. The summed E-state index contributed by atoms with van der Waals surface area (Å²) in [6.07, 6.45) is 0. The summed E-state index contributed by atoms with van der Waals surface area (Å²) in [6, 6.07) is 2.84. The minimum absolute atomic E-state index is 0.0163. The number of ketones is 1. The zero-order valence-electron chi connectivity index (χ0n) is 10.5. The molecule has 18 heavy (non-hydrogen) atoms. The van der Waals surface area contributed by atoms with E-state index in [1.165, 1.54) is 6.07 Å². The van der Waals surface area contributed by atoms with Gasteiger partial charge in [-0.05, 0) is 30.5 Å². The summed E-state index contributed by atoms with van der Waals surface area (Å²) in [5.74, 6) is -2.12. The molecule has 0 bridgehead atoms. The lowest BCUT2D eigenvalue weighted by Crippen LogP contribution is -2.18. The number of halogens is 1. The van der Waals surface area contributed by atoms with E-state index in [0.29, 0.717) is 10.6 Å². The van der Waals surface area contributed by atoms with Gasteiger partial charge in [0.1, 0.15) is 5.75 Å². The molecule has 0 unspecified atom stereocenters. The average molecular weight is 271 g/mol. The minimum Gasteiger partial charge on any atom is -0.507 e. The first kappa shape index (κ1) is 14.5. The third kappa shape index (κ3) is 3.01. The smallest absolute Gasteiger partial charge is 0.379 e. The molecule has 1 rings (SSSR count). The molecule has 0 aliphatic heterocycles. The molecule has 0 saturated heterocycles. The van der Waals surface area contributed by atoms with Gasteiger partial charge in [0.2, 0.25) is 0 Å². The van der Waals surface area contributed by atoms with Crippen LogP contribution in [0.5, 0.6) is 5.75 Å². The Morgan fingerprint density at radius 3 is 2.50 bits per heavy atom. The number of Topliss-reactive ketones (excluding diaryl/α,β-unsaturated/α-hetero) is 1. The van der Waals surface area contributed by atoms with Crippen LogP contribution in [0, 0.1) is 0 Å². The lowest BCUT2D eigenvalue weighted by Gasteiger charge is -2.12. The fourth-order valence-electron chi connectivity index (χ4n) is 1.54. The number of hydrogen-bond donors (Lipinski definition) is 1. The maximum Gasteiger partial charge on any atom is 0.379 e. The molecule has 1 N–H and O–H groups in total. The number of phenolic OH excluding ortho intramolecular Hbond substituents is 1. The van der Waals surface area contributed by atoms with E-state index < -0.39 is 11.8 Å².